The summed E-state index contributed by atoms with van der Waals surface area (Å²) in [6.07, 6.45) is 1.55. The number of benzene rings is 1. The van der Waals surface area contributed by atoms with E-state index >= 15 is 0 Å². The van der Waals surface area contributed by atoms with Crippen LogP contribution in [-0.4, -0.2) is 44.5 Å². The van der Waals surface area contributed by atoms with E-state index in [1.165, 1.54) is 0 Å². The van der Waals surface area contributed by atoms with E-state index in [4.69, 9.17) is 27.8 Å². The smallest absolute Gasteiger partial charge is 0.306 e. The number of aromatic nitrogens is 4. The molecule has 0 atom stereocenters. The average molecular weight is 574 g/mol. The van der Waals surface area contributed by atoms with Gasteiger partial charge in [0.2, 0.25) is 0 Å². The van der Waals surface area contributed by atoms with Gasteiger partial charge in [0, 0.05) is 13.0 Å². The van der Waals surface area contributed by atoms with Crippen LogP contribution in [0.25, 0.3) is 11.0 Å². The Balaban J connectivity index is 1.76. The van der Waals surface area contributed by atoms with Crippen LogP contribution in [0.1, 0.15) is 80.6 Å². The molecule has 12 nitrogen and oxygen atoms in total. The highest BCUT2D eigenvalue weighted by atomic mass is 35.5. The van der Waals surface area contributed by atoms with Crippen molar-refractivity contribution in [3.05, 3.63) is 40.4 Å². The molecule has 2 heterocycles. The quantitative estimate of drug-likeness (QED) is 0.154. The number of unbranched alkanes of at least 4 members (excludes halogenated alkanes) is 1. The van der Waals surface area contributed by atoms with E-state index in [1.54, 1.807) is 6.07 Å². The fourth-order valence-electron chi connectivity index (χ4n) is 4.45. The number of ether oxygens (including phenoxy) is 1. The lowest BCUT2D eigenvalue weighted by Gasteiger charge is -2.19. The number of esters is 1. The number of amides is 2. The molecule has 0 fully saturated rings. The first-order valence-corrected chi connectivity index (χ1v) is 13.7. The minimum atomic E-state index is -0.549. The van der Waals surface area contributed by atoms with Gasteiger partial charge in [-0.05, 0) is 59.6 Å². The molecular weight excluding hydrogens is 536 g/mol. The van der Waals surface area contributed by atoms with Crippen LogP contribution in [0.5, 0.6) is 0 Å². The Bertz CT molecular complexity index is 1410. The molecule has 0 aliphatic heterocycles. The molecule has 0 unspecified atom stereocenters. The van der Waals surface area contributed by atoms with Crippen molar-refractivity contribution < 1.29 is 23.7 Å². The van der Waals surface area contributed by atoms with Crippen molar-refractivity contribution in [3.63, 3.8) is 0 Å². The first-order valence-electron chi connectivity index (χ1n) is 13.3. The molecule has 40 heavy (non-hydrogen) atoms. The summed E-state index contributed by atoms with van der Waals surface area (Å²) in [4.78, 5) is 45.8. The van der Waals surface area contributed by atoms with Crippen LogP contribution >= 0.6 is 11.6 Å². The second-order valence-electron chi connectivity index (χ2n) is 10.2. The molecule has 0 aliphatic carbocycles. The lowest BCUT2D eigenvalue weighted by atomic mass is 10.1. The third-order valence-corrected chi connectivity index (χ3v) is 6.39. The number of rotatable bonds is 11. The molecule has 1 aromatic carbocycles. The van der Waals surface area contributed by atoms with E-state index in [0.29, 0.717) is 44.5 Å². The van der Waals surface area contributed by atoms with Crippen molar-refractivity contribution in [2.24, 2.45) is 0 Å². The molecule has 13 heteroatoms. The van der Waals surface area contributed by atoms with Gasteiger partial charge in [-0.15, -0.1) is 0 Å². The van der Waals surface area contributed by atoms with Crippen LogP contribution in [0.15, 0.2) is 18.2 Å². The number of aryl methyl sites for hydroxylation is 2. The van der Waals surface area contributed by atoms with E-state index in [-0.39, 0.29) is 40.9 Å². The summed E-state index contributed by atoms with van der Waals surface area (Å²) in [5.41, 5.74) is 13.0. The summed E-state index contributed by atoms with van der Waals surface area (Å²) in [5.74, 6) is -0.398. The highest BCUT2D eigenvalue weighted by molar-refractivity contribution is 6.31. The number of hydrogen-bond donors (Lipinski definition) is 4. The van der Waals surface area contributed by atoms with Gasteiger partial charge in [0.15, 0.2) is 33.5 Å². The minimum Gasteiger partial charge on any atom is -0.460 e. The number of anilines is 2. The zero-order valence-corrected chi connectivity index (χ0v) is 24.4. The van der Waals surface area contributed by atoms with Gasteiger partial charge in [-0.3, -0.25) is 14.4 Å². The van der Waals surface area contributed by atoms with Crippen molar-refractivity contribution >= 4 is 52.1 Å². The molecule has 3 rings (SSSR count). The number of fused-ring (bicyclic) bond motifs is 1. The lowest BCUT2D eigenvalue weighted by molar-refractivity contribution is -0.676. The Morgan fingerprint density at radius 2 is 1.77 bits per heavy atom. The number of imidazole rings is 1. The van der Waals surface area contributed by atoms with E-state index in [1.807, 2.05) is 55.9 Å². The normalized spacial score (nSPS) is 11.4. The molecule has 0 spiro atoms. The Labute approximate surface area is 238 Å². The van der Waals surface area contributed by atoms with Crippen molar-refractivity contribution in [3.8, 4) is 0 Å². The van der Waals surface area contributed by atoms with Crippen LogP contribution in [0.4, 0.5) is 11.6 Å². The number of carbonyl (C=O) groups excluding carboxylic acids is 3. The number of hydrogen-bond acceptors (Lipinski definition) is 8. The Morgan fingerprint density at radius 3 is 2.42 bits per heavy atom. The van der Waals surface area contributed by atoms with Gasteiger partial charge >= 0.3 is 5.97 Å². The molecule has 2 amide bonds. The molecule has 0 aliphatic rings. The summed E-state index contributed by atoms with van der Waals surface area (Å²) in [6, 6.07) is 5.55. The molecule has 2 aromatic heterocycles. The van der Waals surface area contributed by atoms with Gasteiger partial charge in [-0.1, -0.05) is 17.7 Å². The summed E-state index contributed by atoms with van der Waals surface area (Å²) >= 11 is 5.93. The van der Waals surface area contributed by atoms with Crippen LogP contribution in [0, 0.1) is 0 Å². The third-order valence-electron chi connectivity index (χ3n) is 6.12. The predicted molar refractivity (Wildman–Crippen MR) is 153 cm³/mol. The molecule has 6 N–H and O–H groups in total. The van der Waals surface area contributed by atoms with Crippen LogP contribution in [0.3, 0.4) is 0 Å². The molecule has 0 saturated heterocycles. The maximum Gasteiger partial charge on any atom is 0.306 e. The molecular formula is C27H38ClN8O4+. The first kappa shape index (κ1) is 30.6. The van der Waals surface area contributed by atoms with E-state index < -0.39 is 11.5 Å². The highest BCUT2D eigenvalue weighted by Gasteiger charge is 2.28. The van der Waals surface area contributed by atoms with Crippen molar-refractivity contribution in [2.75, 3.05) is 18.0 Å². The van der Waals surface area contributed by atoms with Gasteiger partial charge in [0.05, 0.1) is 18.7 Å². The maximum atomic E-state index is 13.2. The van der Waals surface area contributed by atoms with Gasteiger partial charge < -0.3 is 26.8 Å². The number of nitrogens with two attached hydrogens (primary N) is 2. The van der Waals surface area contributed by atoms with E-state index in [2.05, 4.69) is 20.6 Å². The number of nitrogens with one attached hydrogen (secondary N) is 2. The largest absolute Gasteiger partial charge is 0.460 e. The Hall–Kier alpha value is -3.93. The fourth-order valence-corrected chi connectivity index (χ4v) is 4.58. The van der Waals surface area contributed by atoms with Gasteiger partial charge in [-0.25, -0.2) is 19.1 Å². The summed E-state index contributed by atoms with van der Waals surface area (Å²) in [5, 5.41) is 5.69. The van der Waals surface area contributed by atoms with Crippen LogP contribution in [-0.2, 0) is 29.2 Å². The van der Waals surface area contributed by atoms with Crippen molar-refractivity contribution in [1.82, 2.24) is 25.2 Å². The summed E-state index contributed by atoms with van der Waals surface area (Å²) in [6.45, 7) is 11.2. The van der Waals surface area contributed by atoms with Crippen LogP contribution in [0.2, 0.25) is 5.15 Å². The lowest BCUT2D eigenvalue weighted by Crippen LogP contribution is -2.41. The second-order valence-corrected chi connectivity index (χ2v) is 10.6. The van der Waals surface area contributed by atoms with Gasteiger partial charge in [0.1, 0.15) is 12.1 Å². The monoisotopic (exact) mass is 573 g/mol. The van der Waals surface area contributed by atoms with E-state index in [9.17, 15) is 14.4 Å². The average Bonchev–Trinajstić information content (AvgIpc) is 3.20. The standard InChI is InChI=1S/C27H37ClN8O4/c1-6-35-17-12-10-11-16(25(38)31-14-9-8-13-19(37)40-27(3,4)5)21(17)36(7-2)18(35)15-32-26(39)20-23(29)34-24(30)22(28)33-20/h10-12H,6-9,13-15H2,1-5H3,(H5-,29,30,31,32,34,38,39)/p+1. The fraction of sp³-hybridized carbons (Fsp3) is 0.481. The zero-order valence-electron chi connectivity index (χ0n) is 23.6. The van der Waals surface area contributed by atoms with Gasteiger partial charge in [0.25, 0.3) is 17.6 Å². The van der Waals surface area contributed by atoms with Gasteiger partial charge in [-0.2, -0.15) is 0 Å². The summed E-state index contributed by atoms with van der Waals surface area (Å²) in [7, 11) is 0. The number of halogens is 1. The number of nitrogen functional groups attached to an aromatic ring is 2. The molecule has 0 bridgehead atoms. The summed E-state index contributed by atoms with van der Waals surface area (Å²) < 4.78 is 9.37. The van der Waals surface area contributed by atoms with Crippen LogP contribution < -0.4 is 26.7 Å². The number of carbonyl (C=O) groups is 3. The van der Waals surface area contributed by atoms with Crippen molar-refractivity contribution in [1.29, 1.82) is 0 Å². The maximum absolute atomic E-state index is 13.2. The second kappa shape index (κ2) is 12.9. The molecule has 216 valence electrons. The number of para-hydroxylation sites is 1. The minimum absolute atomic E-state index is 0.0560. The molecule has 0 radical (unpaired) electrons. The zero-order chi connectivity index (χ0) is 29.6. The van der Waals surface area contributed by atoms with Crippen molar-refractivity contribution in [2.45, 2.75) is 79.1 Å². The highest BCUT2D eigenvalue weighted by Crippen LogP contribution is 2.21. The Kier molecular flexibility index (Phi) is 9.91. The predicted octanol–water partition coefficient (Wildman–Crippen LogP) is 2.75. The molecule has 3 aromatic rings. The third kappa shape index (κ3) is 7.17. The first-order chi connectivity index (χ1) is 18.9. The number of nitrogens with zero attached hydrogens (tertiary/aromatic N) is 4. The molecule has 0 saturated carbocycles. The SMILES string of the molecule is CCn1c(CNC(=O)c2nc(Cl)c(N)nc2N)[n+](CC)c2c(C(=O)NCCCCC(=O)OC(C)(C)C)cccc21. The Morgan fingerprint density at radius 1 is 1.05 bits per heavy atom. The van der Waals surface area contributed by atoms with E-state index in [0.717, 1.165) is 16.9 Å². The topological polar surface area (TPSA) is 171 Å².